The number of hydrogen-bond donors (Lipinski definition) is 1. The number of halogens is 2. The second kappa shape index (κ2) is 13.5. The van der Waals surface area contributed by atoms with E-state index in [1.54, 1.807) is 31.2 Å². The monoisotopic (exact) mass is 695 g/mol. The van der Waals surface area contributed by atoms with Crippen molar-refractivity contribution in [3.63, 3.8) is 0 Å². The molecule has 246 valence electrons. The number of amides is 1. The highest BCUT2D eigenvalue weighted by Gasteiger charge is 2.46. The molecule has 0 unspecified atom stereocenters. The van der Waals surface area contributed by atoms with Crippen LogP contribution in [0.2, 0.25) is 10.0 Å². The summed E-state index contributed by atoms with van der Waals surface area (Å²) < 4.78 is 33.5. The van der Waals surface area contributed by atoms with E-state index in [-0.39, 0.29) is 23.8 Å². The molecule has 47 heavy (non-hydrogen) atoms. The molecule has 1 amide bonds. The minimum atomic E-state index is -4.13. The van der Waals surface area contributed by atoms with Crippen LogP contribution in [0, 0.1) is 19.8 Å². The number of fused-ring (bicyclic) bond motifs is 1. The van der Waals surface area contributed by atoms with E-state index < -0.39 is 46.7 Å². The Bertz CT molecular complexity index is 1860. The van der Waals surface area contributed by atoms with Crippen LogP contribution in [0.25, 0.3) is 6.08 Å². The maximum atomic E-state index is 13.8. The summed E-state index contributed by atoms with van der Waals surface area (Å²) in [4.78, 5) is 27.2. The lowest BCUT2D eigenvalue weighted by Gasteiger charge is -2.29. The Morgan fingerprint density at radius 2 is 1.68 bits per heavy atom. The molecule has 0 aromatic heterocycles. The number of aliphatic hydroxyl groups is 1. The van der Waals surface area contributed by atoms with Crippen LogP contribution in [0.5, 0.6) is 0 Å². The fourth-order valence-electron chi connectivity index (χ4n) is 6.53. The van der Waals surface area contributed by atoms with Gasteiger partial charge < -0.3 is 9.84 Å². The number of esters is 1. The maximum Gasteiger partial charge on any atom is 0.325 e. The van der Waals surface area contributed by atoms with E-state index in [2.05, 4.69) is 6.08 Å². The van der Waals surface area contributed by atoms with Gasteiger partial charge in [0.1, 0.15) is 6.04 Å². The Hall–Kier alpha value is -3.54. The van der Waals surface area contributed by atoms with Crippen molar-refractivity contribution in [2.24, 2.45) is 11.0 Å². The summed E-state index contributed by atoms with van der Waals surface area (Å²) in [5.74, 6) is -1.54. The fourth-order valence-corrected chi connectivity index (χ4v) is 8.49. The van der Waals surface area contributed by atoms with Crippen molar-refractivity contribution in [1.29, 1.82) is 0 Å². The van der Waals surface area contributed by atoms with Crippen LogP contribution in [0.3, 0.4) is 0 Å². The molecule has 0 radical (unpaired) electrons. The minimum absolute atomic E-state index is 0.0207. The molecule has 3 aliphatic rings. The third kappa shape index (κ3) is 6.89. The largest absolute Gasteiger partial charge is 0.454 e. The average molecular weight is 697 g/mol. The van der Waals surface area contributed by atoms with E-state index in [0.29, 0.717) is 10.0 Å². The zero-order valence-corrected chi connectivity index (χ0v) is 28.3. The minimum Gasteiger partial charge on any atom is -0.454 e. The van der Waals surface area contributed by atoms with Gasteiger partial charge in [-0.05, 0) is 103 Å². The van der Waals surface area contributed by atoms with Crippen LogP contribution in [0.4, 0.5) is 0 Å². The number of hydrazone groups is 1. The lowest BCUT2D eigenvalue weighted by Crippen LogP contribution is -2.42. The summed E-state index contributed by atoms with van der Waals surface area (Å²) in [7, 11) is -4.13. The number of rotatable bonds is 7. The molecule has 1 saturated heterocycles. The predicted molar refractivity (Wildman–Crippen MR) is 180 cm³/mol. The van der Waals surface area contributed by atoms with E-state index in [9.17, 15) is 23.1 Å². The van der Waals surface area contributed by atoms with E-state index in [0.717, 1.165) is 57.1 Å². The van der Waals surface area contributed by atoms with Crippen molar-refractivity contribution in [2.75, 3.05) is 13.2 Å². The van der Waals surface area contributed by atoms with Crippen molar-refractivity contribution in [3.05, 3.63) is 105 Å². The summed E-state index contributed by atoms with van der Waals surface area (Å²) in [6.07, 6.45) is 3.36. The number of carbonyl (C=O) groups is 2. The molecule has 1 aliphatic carbocycles. The Morgan fingerprint density at radius 1 is 1.00 bits per heavy atom. The van der Waals surface area contributed by atoms with Crippen LogP contribution >= 0.6 is 23.2 Å². The molecule has 1 N–H and O–H groups in total. The molecule has 1 saturated carbocycles. The number of carbonyl (C=O) groups excluding carboxylic acids is 2. The number of hydrogen-bond acceptors (Lipinski definition) is 7. The number of aliphatic hydroxyl groups excluding tert-OH is 1. The van der Waals surface area contributed by atoms with Crippen LogP contribution in [0.1, 0.15) is 54.0 Å². The maximum absolute atomic E-state index is 13.8. The summed E-state index contributed by atoms with van der Waals surface area (Å²) in [5.41, 5.74) is 5.33. The lowest BCUT2D eigenvalue weighted by atomic mass is 9.77. The number of aryl methyl sites for hydroxylation is 2. The molecule has 3 aromatic carbocycles. The van der Waals surface area contributed by atoms with Crippen molar-refractivity contribution in [2.45, 2.75) is 62.6 Å². The second-order valence-electron chi connectivity index (χ2n) is 12.3. The summed E-state index contributed by atoms with van der Waals surface area (Å²) in [6, 6.07) is 17.8. The van der Waals surface area contributed by atoms with Crippen molar-refractivity contribution in [1.82, 2.24) is 9.31 Å². The number of β-amino-alcohol motifs (C(OH)–C–C–N with tert-alkyl or cyclic N) is 1. The van der Waals surface area contributed by atoms with E-state index >= 15 is 0 Å². The third-order valence-corrected chi connectivity index (χ3v) is 11.5. The fraction of sp³-hybridized carbons (Fsp3) is 0.343. The Morgan fingerprint density at radius 3 is 2.36 bits per heavy atom. The van der Waals surface area contributed by atoms with Gasteiger partial charge in [0.25, 0.3) is 5.91 Å². The Kier molecular flexibility index (Phi) is 9.60. The SMILES string of the molecule is Cc1ccc(S(=O)(=O)N2C[C@@H](O)C[C@@H]2C(=O)OCC(=O)N2N=C3/C(=C/c4ccc(Cl)cc4)CCC[C@H]3[C@H]2c2ccc(Cl)cc2)cc1C. The van der Waals surface area contributed by atoms with Crippen LogP contribution in [-0.2, 0) is 24.3 Å². The average Bonchev–Trinajstić information content (AvgIpc) is 3.65. The highest BCUT2D eigenvalue weighted by Crippen LogP contribution is 2.44. The molecule has 6 rings (SSSR count). The molecule has 0 bridgehead atoms. The number of allylic oxidation sites excluding steroid dienone is 1. The first-order valence-electron chi connectivity index (χ1n) is 15.5. The van der Waals surface area contributed by atoms with Gasteiger partial charge in [-0.15, -0.1) is 0 Å². The smallest absolute Gasteiger partial charge is 0.325 e. The molecule has 0 spiro atoms. The highest BCUT2D eigenvalue weighted by molar-refractivity contribution is 7.89. The van der Waals surface area contributed by atoms with Gasteiger partial charge in [-0.3, -0.25) is 9.59 Å². The zero-order valence-electron chi connectivity index (χ0n) is 26.0. The molecule has 3 aromatic rings. The third-order valence-electron chi connectivity index (χ3n) is 9.11. The molecule has 2 fully saturated rings. The van der Waals surface area contributed by atoms with Crippen molar-refractivity contribution in [3.8, 4) is 0 Å². The summed E-state index contributed by atoms with van der Waals surface area (Å²) in [5, 5.41) is 17.8. The summed E-state index contributed by atoms with van der Waals surface area (Å²) >= 11 is 12.3. The molecule has 4 atom stereocenters. The first-order chi connectivity index (χ1) is 22.4. The number of nitrogens with zero attached hydrogens (tertiary/aromatic N) is 3. The molecular weight excluding hydrogens is 661 g/mol. The topological polar surface area (TPSA) is 117 Å². The van der Waals surface area contributed by atoms with E-state index in [4.69, 9.17) is 33.0 Å². The number of ether oxygens (including phenoxy) is 1. The second-order valence-corrected chi connectivity index (χ2v) is 15.0. The van der Waals surface area contributed by atoms with Gasteiger partial charge in [-0.25, -0.2) is 13.4 Å². The molecule has 2 aliphatic heterocycles. The van der Waals surface area contributed by atoms with Gasteiger partial charge in [0, 0.05) is 28.9 Å². The Labute approximate surface area is 284 Å². The van der Waals surface area contributed by atoms with Gasteiger partial charge in [0.15, 0.2) is 6.61 Å². The molecule has 2 heterocycles. The summed E-state index contributed by atoms with van der Waals surface area (Å²) in [6.45, 7) is 2.77. The predicted octanol–water partition coefficient (Wildman–Crippen LogP) is 6.10. The van der Waals surface area contributed by atoms with Gasteiger partial charge in [-0.2, -0.15) is 9.41 Å². The van der Waals surface area contributed by atoms with Crippen LogP contribution in [0.15, 0.2) is 82.3 Å². The number of benzene rings is 3. The Balaban J connectivity index is 1.24. The first-order valence-corrected chi connectivity index (χ1v) is 17.7. The van der Waals surface area contributed by atoms with Gasteiger partial charge in [-0.1, -0.05) is 53.5 Å². The highest BCUT2D eigenvalue weighted by atomic mass is 35.5. The van der Waals surface area contributed by atoms with E-state index in [1.807, 2.05) is 43.3 Å². The van der Waals surface area contributed by atoms with Crippen LogP contribution in [-0.4, -0.2) is 65.7 Å². The van der Waals surface area contributed by atoms with Crippen molar-refractivity contribution >= 4 is 56.9 Å². The molecule has 9 nitrogen and oxygen atoms in total. The molecule has 12 heteroatoms. The van der Waals surface area contributed by atoms with Gasteiger partial charge in [0.05, 0.1) is 22.8 Å². The quantitative estimate of drug-likeness (QED) is 0.299. The van der Waals surface area contributed by atoms with Gasteiger partial charge >= 0.3 is 5.97 Å². The number of sulfonamides is 1. The van der Waals surface area contributed by atoms with Crippen LogP contribution < -0.4 is 0 Å². The first kappa shape index (κ1) is 33.4. The normalized spacial score (nSPS) is 23.9. The van der Waals surface area contributed by atoms with E-state index in [1.165, 1.54) is 11.1 Å². The standard InChI is InChI=1S/C35H35Cl2N3O6S/c1-21-6-15-29(16-22(21)2)47(44,45)39-19-28(41)18-31(39)35(43)46-20-32(42)40-34(24-9-13-27(37)14-10-24)30-5-3-4-25(33(30)38-40)17-23-7-11-26(36)12-8-23/h6-17,28,30-31,34,41H,3-5,18-20H2,1-2H3/b25-17+/t28-,30+,31+,34+/m0/s1. The lowest BCUT2D eigenvalue weighted by molar-refractivity contribution is -0.155. The molecular formula is C35H35Cl2N3O6S. The van der Waals surface area contributed by atoms with Crippen molar-refractivity contribution < 1.29 is 27.9 Å². The zero-order chi connectivity index (χ0) is 33.5. The van der Waals surface area contributed by atoms with Gasteiger partial charge in [0.2, 0.25) is 10.0 Å².